The highest BCUT2D eigenvalue weighted by molar-refractivity contribution is 7.26. The Morgan fingerprint density at radius 3 is 1.54 bits per heavy atom. The van der Waals surface area contributed by atoms with Gasteiger partial charge in [0.1, 0.15) is 0 Å². The van der Waals surface area contributed by atoms with Gasteiger partial charge < -0.3 is 9.80 Å². The van der Waals surface area contributed by atoms with E-state index in [1.807, 2.05) is 22.7 Å². The summed E-state index contributed by atoms with van der Waals surface area (Å²) in [6, 6.07) is 63.2. The van der Waals surface area contributed by atoms with Crippen molar-refractivity contribution in [3.63, 3.8) is 0 Å². The lowest BCUT2D eigenvalue weighted by atomic mass is 9.33. The van der Waals surface area contributed by atoms with E-state index in [1.54, 1.807) is 0 Å². The molecule has 0 N–H and O–H groups in total. The molecule has 2 aromatic heterocycles. The van der Waals surface area contributed by atoms with Gasteiger partial charge >= 0.3 is 0 Å². The first-order valence-electron chi connectivity index (χ1n) is 24.9. The molecule has 0 saturated carbocycles. The number of nitrogens with zero attached hydrogens (tertiary/aromatic N) is 2. The number of hydrogen-bond donors (Lipinski definition) is 0. The fraction of sp³-hybridized carbons (Fsp3) is 0.200. The molecule has 8 aromatic carbocycles. The first kappa shape index (κ1) is 44.5. The van der Waals surface area contributed by atoms with Gasteiger partial charge in [0, 0.05) is 63.9 Å². The van der Waals surface area contributed by atoms with Crippen LogP contribution in [0.5, 0.6) is 0 Å². The van der Waals surface area contributed by atoms with Crippen molar-refractivity contribution < 1.29 is 0 Å². The third-order valence-corrected chi connectivity index (χ3v) is 17.2. The minimum atomic E-state index is -0.134. The van der Waals surface area contributed by atoms with E-state index in [4.69, 9.17) is 0 Å². The van der Waals surface area contributed by atoms with Gasteiger partial charge in [0.05, 0.1) is 0 Å². The predicted octanol–water partition coefficient (Wildman–Crippen LogP) is 17.6. The molecule has 70 heavy (non-hydrogen) atoms. The summed E-state index contributed by atoms with van der Waals surface area (Å²) in [6.45, 7) is 23.3. The van der Waals surface area contributed by atoms with Crippen LogP contribution in [0.3, 0.4) is 0 Å². The molecule has 0 amide bonds. The Hall–Kier alpha value is -6.66. The van der Waals surface area contributed by atoms with E-state index in [1.165, 1.54) is 113 Å². The lowest BCUT2D eigenvalue weighted by Crippen LogP contribution is -2.61. The van der Waals surface area contributed by atoms with E-state index in [2.05, 4.69) is 255 Å². The van der Waals surface area contributed by atoms with Crippen LogP contribution in [0.25, 0.3) is 58.6 Å². The van der Waals surface area contributed by atoms with Crippen molar-refractivity contribution >= 4 is 116 Å². The zero-order valence-corrected chi connectivity index (χ0v) is 43.7. The van der Waals surface area contributed by atoms with Crippen molar-refractivity contribution in [3.8, 4) is 22.3 Å². The van der Waals surface area contributed by atoms with Gasteiger partial charge in [-0.1, -0.05) is 172 Å². The molecule has 12 rings (SSSR count). The molecular formula is C65H59BN2S2. The van der Waals surface area contributed by atoms with Crippen LogP contribution in [0.15, 0.2) is 170 Å². The first-order valence-corrected chi connectivity index (χ1v) is 26.5. The Labute approximate surface area is 422 Å². The maximum atomic E-state index is 2.61. The van der Waals surface area contributed by atoms with Crippen LogP contribution in [-0.2, 0) is 16.2 Å². The molecule has 0 radical (unpaired) electrons. The van der Waals surface area contributed by atoms with Crippen LogP contribution in [0, 0.1) is 0 Å². The summed E-state index contributed by atoms with van der Waals surface area (Å²) in [7, 11) is 0. The van der Waals surface area contributed by atoms with E-state index >= 15 is 0 Å². The molecule has 4 heterocycles. The van der Waals surface area contributed by atoms with Gasteiger partial charge in [-0.3, -0.25) is 0 Å². The summed E-state index contributed by atoms with van der Waals surface area (Å²) in [5, 5.41) is 3.93. The van der Waals surface area contributed by atoms with Crippen LogP contribution in [0.2, 0.25) is 0 Å². The normalized spacial score (nSPS) is 13.7. The Kier molecular flexibility index (Phi) is 10.3. The molecule has 10 aromatic rings. The Morgan fingerprint density at radius 2 is 0.971 bits per heavy atom. The van der Waals surface area contributed by atoms with E-state index in [0.717, 1.165) is 11.4 Å². The van der Waals surface area contributed by atoms with Gasteiger partial charge in [-0.25, -0.2) is 0 Å². The molecule has 0 atom stereocenters. The highest BCUT2D eigenvalue weighted by Crippen LogP contribution is 2.49. The number of rotatable bonds is 5. The van der Waals surface area contributed by atoms with Crippen molar-refractivity contribution in [1.82, 2.24) is 0 Å². The van der Waals surface area contributed by atoms with Gasteiger partial charge in [0.15, 0.2) is 0 Å². The highest BCUT2D eigenvalue weighted by Gasteiger charge is 2.45. The summed E-state index contributed by atoms with van der Waals surface area (Å²) in [5.74, 6) is 0. The fourth-order valence-corrected chi connectivity index (χ4v) is 13.5. The zero-order chi connectivity index (χ0) is 48.4. The maximum Gasteiger partial charge on any atom is 0.252 e. The molecule has 0 spiro atoms. The van der Waals surface area contributed by atoms with Gasteiger partial charge in [0.25, 0.3) is 6.71 Å². The van der Waals surface area contributed by atoms with Crippen LogP contribution in [0.1, 0.15) is 90.8 Å². The number of anilines is 6. The number of allylic oxidation sites excluding steroid dienone is 1. The van der Waals surface area contributed by atoms with Gasteiger partial charge in [-0.15, -0.1) is 22.7 Å². The maximum absolute atomic E-state index is 2.61. The molecule has 0 bridgehead atoms. The quantitative estimate of drug-likeness (QED) is 0.159. The molecule has 0 saturated heterocycles. The largest absolute Gasteiger partial charge is 0.311 e. The second-order valence-electron chi connectivity index (χ2n) is 22.6. The third-order valence-electron chi connectivity index (χ3n) is 14.8. The van der Waals surface area contributed by atoms with Gasteiger partial charge in [0.2, 0.25) is 0 Å². The molecular weight excluding hydrogens is 884 g/mol. The van der Waals surface area contributed by atoms with E-state index in [-0.39, 0.29) is 23.0 Å². The molecule has 0 unspecified atom stereocenters. The molecule has 0 aliphatic carbocycles. The topological polar surface area (TPSA) is 6.48 Å². The van der Waals surface area contributed by atoms with Crippen molar-refractivity contribution in [3.05, 3.63) is 191 Å². The second kappa shape index (κ2) is 16.2. The van der Waals surface area contributed by atoms with Gasteiger partial charge in [-0.05, 0) is 151 Å². The molecule has 0 fully saturated rings. The third kappa shape index (κ3) is 7.27. The predicted molar refractivity (Wildman–Crippen MR) is 310 cm³/mol. The number of benzene rings is 8. The van der Waals surface area contributed by atoms with E-state index in [9.17, 15) is 0 Å². The first-order chi connectivity index (χ1) is 33.5. The SMILES string of the molecule is C/C=C\c1cc2cccc(-c3cccc(N4c5ccc(C(C)(C)C)cc5B5c6cc(C(C)(C)C)ccc6N(c6cccc(-c7cccc8c7sc7ccccc78)c6)c6cc(C(C)(C)C)cc4c65)c3)c2s1. The standard InChI is InChI=1S/C65H59BN2S2/c1-11-18-48-35-42-21-16-25-49(61(42)69-48)40-19-14-22-46(33-40)67-55-31-29-43(63(2,3)4)36-53(55)66-54-37-44(64(5,6)7)30-32-56(54)68(58-39-45(65(8,9)10)38-57(67)60(58)66)47-23-15-20-41(34-47)50-26-17-27-52-51-24-12-13-28-59(51)70-62(50)52/h11-39H,1-10H3/b18-11-. The summed E-state index contributed by atoms with van der Waals surface area (Å²) in [4.78, 5) is 6.48. The summed E-state index contributed by atoms with van der Waals surface area (Å²) >= 11 is 3.77. The monoisotopic (exact) mass is 942 g/mol. The molecule has 2 nitrogen and oxygen atoms in total. The second-order valence-corrected chi connectivity index (χ2v) is 24.7. The van der Waals surface area contributed by atoms with E-state index in [0.29, 0.717) is 0 Å². The summed E-state index contributed by atoms with van der Waals surface area (Å²) < 4.78 is 3.98. The van der Waals surface area contributed by atoms with E-state index < -0.39 is 0 Å². The Balaban J connectivity index is 1.14. The minimum absolute atomic E-state index is 0.00434. The van der Waals surface area contributed by atoms with Crippen molar-refractivity contribution in [2.75, 3.05) is 9.80 Å². The van der Waals surface area contributed by atoms with Crippen LogP contribution in [0.4, 0.5) is 34.1 Å². The molecule has 5 heteroatoms. The zero-order valence-electron chi connectivity index (χ0n) is 42.0. The number of fused-ring (bicyclic) bond motifs is 8. The average molecular weight is 943 g/mol. The van der Waals surface area contributed by atoms with Crippen LogP contribution in [-0.4, -0.2) is 6.71 Å². The molecule has 2 aliphatic heterocycles. The Bertz CT molecular complexity index is 3770. The highest BCUT2D eigenvalue weighted by atomic mass is 32.1. The lowest BCUT2D eigenvalue weighted by molar-refractivity contribution is 0.590. The Morgan fingerprint density at radius 1 is 0.443 bits per heavy atom. The summed E-state index contributed by atoms with van der Waals surface area (Å²) in [5.41, 5.74) is 20.1. The van der Waals surface area contributed by atoms with Crippen LogP contribution >= 0.6 is 22.7 Å². The average Bonchev–Trinajstić information content (AvgIpc) is 3.94. The number of hydrogen-bond acceptors (Lipinski definition) is 4. The lowest BCUT2D eigenvalue weighted by Gasteiger charge is -2.45. The van der Waals surface area contributed by atoms with Gasteiger partial charge in [-0.2, -0.15) is 0 Å². The minimum Gasteiger partial charge on any atom is -0.311 e. The molecule has 344 valence electrons. The van der Waals surface area contributed by atoms with Crippen molar-refractivity contribution in [1.29, 1.82) is 0 Å². The van der Waals surface area contributed by atoms with Crippen molar-refractivity contribution in [2.24, 2.45) is 0 Å². The van der Waals surface area contributed by atoms with Crippen molar-refractivity contribution in [2.45, 2.75) is 85.5 Å². The summed E-state index contributed by atoms with van der Waals surface area (Å²) in [6.07, 6.45) is 4.35. The smallest absolute Gasteiger partial charge is 0.252 e. The number of thiophene rings is 2. The van der Waals surface area contributed by atoms with Crippen LogP contribution < -0.4 is 26.2 Å². The molecule has 2 aliphatic rings. The fourth-order valence-electron chi connectivity index (χ4n) is 11.1.